The Morgan fingerprint density at radius 3 is 2.67 bits per heavy atom. The van der Waals surface area contributed by atoms with E-state index >= 15 is 0 Å². The second kappa shape index (κ2) is 6.36. The Bertz CT molecular complexity index is 381. The summed E-state index contributed by atoms with van der Waals surface area (Å²) in [6.45, 7) is 3.95. The van der Waals surface area contributed by atoms with Crippen LogP contribution in [0.3, 0.4) is 0 Å². The van der Waals surface area contributed by atoms with Crippen LogP contribution in [0.1, 0.15) is 56.2 Å². The van der Waals surface area contributed by atoms with Gasteiger partial charge >= 0.3 is 0 Å². The zero-order valence-electron chi connectivity index (χ0n) is 11.7. The van der Waals surface area contributed by atoms with Crippen molar-refractivity contribution in [3.8, 4) is 0 Å². The Hall–Kier alpha value is -0.850. The Balaban J connectivity index is 1.82. The first-order chi connectivity index (χ1) is 8.65. The van der Waals surface area contributed by atoms with Gasteiger partial charge in [0.1, 0.15) is 0 Å². The molecule has 1 aromatic carbocycles. The molecule has 18 heavy (non-hydrogen) atoms. The summed E-state index contributed by atoms with van der Waals surface area (Å²) in [5.74, 6) is 0.670. The number of benzene rings is 1. The van der Waals surface area contributed by atoms with Crippen LogP contribution in [0, 0.1) is 5.92 Å². The van der Waals surface area contributed by atoms with Gasteiger partial charge in [0, 0.05) is 0 Å². The summed E-state index contributed by atoms with van der Waals surface area (Å²) >= 11 is 0. The van der Waals surface area contributed by atoms with Gasteiger partial charge in [-0.1, -0.05) is 38.0 Å². The van der Waals surface area contributed by atoms with Crippen molar-refractivity contribution in [2.45, 2.75) is 65.0 Å². The molecule has 1 aromatic rings. The molecule has 0 radical (unpaired) electrons. The number of alkyl halides is 1. The topological polar surface area (TPSA) is 0 Å². The van der Waals surface area contributed by atoms with Crippen molar-refractivity contribution in [1.29, 1.82) is 0 Å². The monoisotopic (exact) mass is 248 g/mol. The maximum absolute atomic E-state index is 12.7. The number of hydrogen-bond acceptors (Lipinski definition) is 0. The molecule has 1 heteroatoms. The highest BCUT2D eigenvalue weighted by Crippen LogP contribution is 2.24. The van der Waals surface area contributed by atoms with E-state index in [9.17, 15) is 4.39 Å². The zero-order chi connectivity index (χ0) is 13.0. The van der Waals surface area contributed by atoms with E-state index in [0.29, 0.717) is 12.3 Å². The molecule has 0 N–H and O–H groups in total. The molecule has 0 fully saturated rings. The number of halogens is 1. The van der Waals surface area contributed by atoms with E-state index in [4.69, 9.17) is 0 Å². The molecule has 0 amide bonds. The third-order valence-electron chi connectivity index (χ3n) is 4.05. The average molecular weight is 248 g/mol. The van der Waals surface area contributed by atoms with Gasteiger partial charge in [-0.25, -0.2) is 4.39 Å². The largest absolute Gasteiger partial charge is 0.248 e. The van der Waals surface area contributed by atoms with E-state index in [1.807, 2.05) is 0 Å². The fourth-order valence-corrected chi connectivity index (χ4v) is 3.00. The van der Waals surface area contributed by atoms with Crippen molar-refractivity contribution in [1.82, 2.24) is 0 Å². The third kappa shape index (κ3) is 3.83. The lowest BCUT2D eigenvalue weighted by Gasteiger charge is -2.12. The average Bonchev–Trinajstić information content (AvgIpc) is 2.75. The van der Waals surface area contributed by atoms with Gasteiger partial charge in [0.05, 0.1) is 6.17 Å². The molecule has 0 aromatic heterocycles. The van der Waals surface area contributed by atoms with Crippen molar-refractivity contribution in [2.75, 3.05) is 0 Å². The predicted molar refractivity (Wildman–Crippen MR) is 75.8 cm³/mol. The Morgan fingerprint density at radius 1 is 1.11 bits per heavy atom. The summed E-state index contributed by atoms with van der Waals surface area (Å²) in [4.78, 5) is 0. The second-order valence-electron chi connectivity index (χ2n) is 5.98. The van der Waals surface area contributed by atoms with Crippen LogP contribution >= 0.6 is 0 Å². The number of aryl methyl sites for hydroxylation is 2. The van der Waals surface area contributed by atoms with Gasteiger partial charge in [-0.05, 0) is 61.6 Å². The SMILES string of the molecule is CC(F)CCCC(C)Cc1ccc2c(c1)CCC2. The summed E-state index contributed by atoms with van der Waals surface area (Å²) in [7, 11) is 0. The van der Waals surface area contributed by atoms with Crippen LogP contribution in [0.4, 0.5) is 4.39 Å². The van der Waals surface area contributed by atoms with Gasteiger partial charge in [0.2, 0.25) is 0 Å². The van der Waals surface area contributed by atoms with E-state index < -0.39 is 6.17 Å². The molecule has 0 heterocycles. The van der Waals surface area contributed by atoms with Gasteiger partial charge in [-0.3, -0.25) is 0 Å². The van der Waals surface area contributed by atoms with Crippen LogP contribution in [0.2, 0.25) is 0 Å². The van der Waals surface area contributed by atoms with Crippen molar-refractivity contribution in [2.24, 2.45) is 5.92 Å². The molecule has 0 bridgehead atoms. The molecule has 0 spiro atoms. The fourth-order valence-electron chi connectivity index (χ4n) is 3.00. The summed E-state index contributed by atoms with van der Waals surface area (Å²) in [6, 6.07) is 7.00. The summed E-state index contributed by atoms with van der Waals surface area (Å²) in [6.07, 6.45) is 7.23. The fraction of sp³-hybridized carbons (Fsp3) is 0.647. The molecule has 2 unspecified atom stereocenters. The van der Waals surface area contributed by atoms with E-state index in [2.05, 4.69) is 25.1 Å². The summed E-state index contributed by atoms with van der Waals surface area (Å²) in [5.41, 5.74) is 4.59. The highest BCUT2D eigenvalue weighted by atomic mass is 19.1. The lowest BCUT2D eigenvalue weighted by Crippen LogP contribution is -2.02. The second-order valence-corrected chi connectivity index (χ2v) is 5.98. The summed E-state index contributed by atoms with van der Waals surface area (Å²) < 4.78 is 12.7. The third-order valence-corrected chi connectivity index (χ3v) is 4.05. The van der Waals surface area contributed by atoms with Crippen molar-refractivity contribution in [3.05, 3.63) is 34.9 Å². The molecule has 0 nitrogen and oxygen atoms in total. The molecule has 1 aliphatic rings. The van der Waals surface area contributed by atoms with E-state index in [1.54, 1.807) is 18.1 Å². The lowest BCUT2D eigenvalue weighted by atomic mass is 9.94. The van der Waals surface area contributed by atoms with Crippen LogP contribution in [0.25, 0.3) is 0 Å². The van der Waals surface area contributed by atoms with Crippen LogP contribution in [0.15, 0.2) is 18.2 Å². The number of rotatable bonds is 6. The number of hydrogen-bond donors (Lipinski definition) is 0. The molecule has 0 saturated carbocycles. The first-order valence-corrected chi connectivity index (χ1v) is 7.40. The first-order valence-electron chi connectivity index (χ1n) is 7.40. The predicted octanol–water partition coefficient (Wildman–Crippen LogP) is 4.88. The van der Waals surface area contributed by atoms with Crippen LogP contribution < -0.4 is 0 Å². The quantitative estimate of drug-likeness (QED) is 0.673. The molecule has 1 aliphatic carbocycles. The van der Waals surface area contributed by atoms with E-state index in [0.717, 1.165) is 19.3 Å². The first kappa shape index (κ1) is 13.6. The maximum atomic E-state index is 12.7. The van der Waals surface area contributed by atoms with Gasteiger partial charge in [-0.15, -0.1) is 0 Å². The van der Waals surface area contributed by atoms with Crippen LogP contribution in [-0.4, -0.2) is 6.17 Å². The lowest BCUT2D eigenvalue weighted by molar-refractivity contribution is 0.322. The normalized spacial score (nSPS) is 17.5. The minimum absolute atomic E-state index is 0.641. The molecular weight excluding hydrogens is 223 g/mol. The van der Waals surface area contributed by atoms with Crippen molar-refractivity contribution >= 4 is 0 Å². The standard InChI is InChI=1S/C17H25F/c1-13(5-3-6-14(2)18)11-15-9-10-16-7-4-8-17(16)12-15/h9-10,12-14H,3-8,11H2,1-2H3. The maximum Gasteiger partial charge on any atom is 0.0973 e. The minimum atomic E-state index is -0.641. The minimum Gasteiger partial charge on any atom is -0.248 e. The Morgan fingerprint density at radius 2 is 1.89 bits per heavy atom. The molecule has 2 atom stereocenters. The molecule has 0 saturated heterocycles. The molecular formula is C17H25F. The molecule has 0 aliphatic heterocycles. The zero-order valence-corrected chi connectivity index (χ0v) is 11.7. The van der Waals surface area contributed by atoms with Gasteiger partial charge in [0.15, 0.2) is 0 Å². The van der Waals surface area contributed by atoms with Gasteiger partial charge in [0.25, 0.3) is 0 Å². The number of fused-ring (bicyclic) bond motifs is 1. The van der Waals surface area contributed by atoms with Gasteiger partial charge in [-0.2, -0.15) is 0 Å². The van der Waals surface area contributed by atoms with Crippen molar-refractivity contribution < 1.29 is 4.39 Å². The van der Waals surface area contributed by atoms with E-state index in [-0.39, 0.29) is 0 Å². The Labute approximate surface area is 111 Å². The van der Waals surface area contributed by atoms with Crippen molar-refractivity contribution in [3.63, 3.8) is 0 Å². The molecule has 100 valence electrons. The summed E-state index contributed by atoms with van der Waals surface area (Å²) in [5, 5.41) is 0. The highest BCUT2D eigenvalue weighted by Gasteiger charge is 2.12. The van der Waals surface area contributed by atoms with Crippen LogP contribution in [-0.2, 0) is 19.3 Å². The smallest absolute Gasteiger partial charge is 0.0973 e. The Kier molecular flexibility index (Phi) is 4.79. The van der Waals surface area contributed by atoms with E-state index in [1.165, 1.54) is 24.8 Å². The van der Waals surface area contributed by atoms with Gasteiger partial charge < -0.3 is 0 Å². The highest BCUT2D eigenvalue weighted by molar-refractivity contribution is 5.35. The molecule has 2 rings (SSSR count). The van der Waals surface area contributed by atoms with Crippen LogP contribution in [0.5, 0.6) is 0 Å².